The maximum atomic E-state index is 12.1. The van der Waals surface area contributed by atoms with Crippen LogP contribution in [0.5, 0.6) is 5.75 Å². The number of aryl methyl sites for hydroxylation is 1. The number of rotatable bonds is 3. The summed E-state index contributed by atoms with van der Waals surface area (Å²) in [4.78, 5) is 12.1. The fourth-order valence-electron chi connectivity index (χ4n) is 2.52. The van der Waals surface area contributed by atoms with Crippen LogP contribution < -0.4 is 10.6 Å². The Bertz CT molecular complexity index is 459. The van der Waals surface area contributed by atoms with Crippen molar-refractivity contribution >= 4 is 5.91 Å². The molecule has 1 aromatic carbocycles. The van der Waals surface area contributed by atoms with Gasteiger partial charge in [0.15, 0.2) is 0 Å². The summed E-state index contributed by atoms with van der Waals surface area (Å²) in [7, 11) is 0. The van der Waals surface area contributed by atoms with Gasteiger partial charge in [-0.25, -0.2) is 0 Å². The van der Waals surface area contributed by atoms with Crippen LogP contribution in [0.2, 0.25) is 0 Å². The number of nitrogens with one attached hydrogen (secondary N) is 2. The molecule has 1 amide bonds. The first kappa shape index (κ1) is 13.9. The van der Waals surface area contributed by atoms with E-state index in [1.54, 1.807) is 18.2 Å². The van der Waals surface area contributed by atoms with Crippen molar-refractivity contribution in [3.63, 3.8) is 0 Å². The number of amides is 1. The van der Waals surface area contributed by atoms with Crippen molar-refractivity contribution < 1.29 is 9.90 Å². The summed E-state index contributed by atoms with van der Waals surface area (Å²) in [5, 5.41) is 16.0. The van der Waals surface area contributed by atoms with Crippen molar-refractivity contribution in [3.05, 3.63) is 29.3 Å². The van der Waals surface area contributed by atoms with E-state index in [1.807, 2.05) is 6.92 Å². The fraction of sp³-hybridized carbons (Fsp3) is 0.533. The van der Waals surface area contributed by atoms with E-state index in [2.05, 4.69) is 17.6 Å². The van der Waals surface area contributed by atoms with Crippen LogP contribution in [0.15, 0.2) is 18.2 Å². The number of carbonyl (C=O) groups is 1. The Labute approximate surface area is 114 Å². The van der Waals surface area contributed by atoms with Gasteiger partial charge >= 0.3 is 0 Å². The smallest absolute Gasteiger partial charge is 0.255 e. The molecule has 0 bridgehead atoms. The lowest BCUT2D eigenvalue weighted by Crippen LogP contribution is -2.47. The highest BCUT2D eigenvalue weighted by Gasteiger charge is 2.21. The summed E-state index contributed by atoms with van der Waals surface area (Å²) in [6.45, 7) is 5.72. The fourth-order valence-corrected chi connectivity index (χ4v) is 2.52. The van der Waals surface area contributed by atoms with Crippen LogP contribution in [0.4, 0.5) is 0 Å². The van der Waals surface area contributed by atoms with Crippen molar-refractivity contribution in [3.8, 4) is 5.75 Å². The molecule has 1 aromatic rings. The van der Waals surface area contributed by atoms with Crippen LogP contribution in [-0.2, 0) is 0 Å². The van der Waals surface area contributed by atoms with Gasteiger partial charge in [0.25, 0.3) is 5.91 Å². The highest BCUT2D eigenvalue weighted by Crippen LogP contribution is 2.18. The number of phenolic OH excluding ortho intramolecular Hbond substituents is 1. The second kappa shape index (κ2) is 6.06. The molecule has 4 heteroatoms. The van der Waals surface area contributed by atoms with Crippen LogP contribution >= 0.6 is 0 Å². The first-order valence-electron chi connectivity index (χ1n) is 6.89. The zero-order valence-electron chi connectivity index (χ0n) is 11.6. The Hall–Kier alpha value is -1.55. The van der Waals surface area contributed by atoms with Gasteiger partial charge in [-0.15, -0.1) is 0 Å². The summed E-state index contributed by atoms with van der Waals surface area (Å²) in [6.07, 6.45) is 2.40. The molecular formula is C15H22N2O2. The molecule has 0 radical (unpaired) electrons. The third kappa shape index (κ3) is 3.47. The number of hydrogen-bond acceptors (Lipinski definition) is 3. The van der Waals surface area contributed by atoms with Crippen LogP contribution in [0, 0.1) is 12.8 Å². The van der Waals surface area contributed by atoms with E-state index < -0.39 is 0 Å². The van der Waals surface area contributed by atoms with Gasteiger partial charge in [0.05, 0.1) is 5.56 Å². The molecule has 0 saturated carbocycles. The van der Waals surface area contributed by atoms with Gasteiger partial charge in [0.2, 0.25) is 0 Å². The first-order chi connectivity index (χ1) is 9.08. The SMILES string of the molecule is Cc1ccc(O)c(C(=O)NCC2NCCCC2C)c1. The van der Waals surface area contributed by atoms with E-state index >= 15 is 0 Å². The predicted molar refractivity (Wildman–Crippen MR) is 75.4 cm³/mol. The quantitative estimate of drug-likeness (QED) is 0.778. The lowest BCUT2D eigenvalue weighted by atomic mass is 9.93. The molecule has 2 unspecified atom stereocenters. The van der Waals surface area contributed by atoms with Gasteiger partial charge in [-0.2, -0.15) is 0 Å². The molecule has 1 saturated heterocycles. The minimum atomic E-state index is -0.208. The standard InChI is InChI=1S/C15H22N2O2/c1-10-5-6-14(18)12(8-10)15(19)17-9-13-11(2)4-3-7-16-13/h5-6,8,11,13,16,18H,3-4,7,9H2,1-2H3,(H,17,19). The van der Waals surface area contributed by atoms with E-state index in [9.17, 15) is 9.90 Å². The lowest BCUT2D eigenvalue weighted by molar-refractivity contribution is 0.0941. The highest BCUT2D eigenvalue weighted by atomic mass is 16.3. The Morgan fingerprint density at radius 2 is 2.32 bits per heavy atom. The van der Waals surface area contributed by atoms with Gasteiger partial charge in [0.1, 0.15) is 5.75 Å². The maximum absolute atomic E-state index is 12.1. The van der Waals surface area contributed by atoms with E-state index in [0.29, 0.717) is 24.1 Å². The summed E-state index contributed by atoms with van der Waals surface area (Å²) < 4.78 is 0. The largest absolute Gasteiger partial charge is 0.507 e. The van der Waals surface area contributed by atoms with E-state index in [1.165, 1.54) is 12.8 Å². The third-order valence-electron chi connectivity index (χ3n) is 3.81. The molecule has 2 atom stereocenters. The number of hydrogen-bond donors (Lipinski definition) is 3. The summed E-state index contributed by atoms with van der Waals surface area (Å²) in [5.41, 5.74) is 1.32. The molecule has 19 heavy (non-hydrogen) atoms. The summed E-state index contributed by atoms with van der Waals surface area (Å²) >= 11 is 0. The second-order valence-corrected chi connectivity index (χ2v) is 5.41. The van der Waals surface area contributed by atoms with E-state index in [-0.39, 0.29) is 11.7 Å². The monoisotopic (exact) mass is 262 g/mol. The molecule has 1 aliphatic rings. The third-order valence-corrected chi connectivity index (χ3v) is 3.81. The van der Waals surface area contributed by atoms with Crippen LogP contribution in [0.25, 0.3) is 0 Å². The molecule has 1 aliphatic heterocycles. The molecule has 0 spiro atoms. The van der Waals surface area contributed by atoms with E-state index in [4.69, 9.17) is 0 Å². The van der Waals surface area contributed by atoms with Gasteiger partial charge in [-0.05, 0) is 44.4 Å². The molecule has 2 rings (SSSR count). The minimum absolute atomic E-state index is 0.0350. The Morgan fingerprint density at radius 1 is 1.53 bits per heavy atom. The predicted octanol–water partition coefficient (Wildman–Crippen LogP) is 1.82. The summed E-state index contributed by atoms with van der Waals surface area (Å²) in [5.74, 6) is 0.397. The lowest BCUT2D eigenvalue weighted by Gasteiger charge is -2.30. The molecule has 0 aliphatic carbocycles. The average molecular weight is 262 g/mol. The zero-order valence-corrected chi connectivity index (χ0v) is 11.6. The Morgan fingerprint density at radius 3 is 3.05 bits per heavy atom. The zero-order chi connectivity index (χ0) is 13.8. The van der Waals surface area contributed by atoms with Gasteiger partial charge < -0.3 is 15.7 Å². The molecule has 3 N–H and O–H groups in total. The summed E-state index contributed by atoms with van der Waals surface area (Å²) in [6, 6.07) is 5.38. The average Bonchev–Trinajstić information content (AvgIpc) is 2.40. The molecule has 1 fully saturated rings. The number of aromatic hydroxyl groups is 1. The highest BCUT2D eigenvalue weighted by molar-refractivity contribution is 5.97. The van der Waals surface area contributed by atoms with Gasteiger partial charge in [0, 0.05) is 12.6 Å². The van der Waals surface area contributed by atoms with Crippen molar-refractivity contribution in [2.45, 2.75) is 32.7 Å². The number of phenols is 1. The number of carbonyl (C=O) groups excluding carboxylic acids is 1. The molecule has 1 heterocycles. The van der Waals surface area contributed by atoms with Gasteiger partial charge in [-0.1, -0.05) is 18.6 Å². The second-order valence-electron chi connectivity index (χ2n) is 5.41. The molecular weight excluding hydrogens is 240 g/mol. The van der Waals surface area contributed by atoms with Crippen LogP contribution in [0.3, 0.4) is 0 Å². The molecule has 104 valence electrons. The van der Waals surface area contributed by atoms with E-state index in [0.717, 1.165) is 12.1 Å². The molecule has 4 nitrogen and oxygen atoms in total. The first-order valence-corrected chi connectivity index (χ1v) is 6.89. The van der Waals surface area contributed by atoms with Crippen molar-refractivity contribution in [2.24, 2.45) is 5.92 Å². The van der Waals surface area contributed by atoms with Crippen molar-refractivity contribution in [2.75, 3.05) is 13.1 Å². The number of benzene rings is 1. The Balaban J connectivity index is 1.95. The van der Waals surface area contributed by atoms with Crippen LogP contribution in [0.1, 0.15) is 35.7 Å². The molecule has 0 aromatic heterocycles. The van der Waals surface area contributed by atoms with Crippen molar-refractivity contribution in [1.29, 1.82) is 0 Å². The number of piperidine rings is 1. The van der Waals surface area contributed by atoms with Crippen molar-refractivity contribution in [1.82, 2.24) is 10.6 Å². The van der Waals surface area contributed by atoms with Gasteiger partial charge in [-0.3, -0.25) is 4.79 Å². The minimum Gasteiger partial charge on any atom is -0.507 e. The topological polar surface area (TPSA) is 61.4 Å². The maximum Gasteiger partial charge on any atom is 0.255 e. The van der Waals surface area contributed by atoms with Crippen LogP contribution in [-0.4, -0.2) is 30.1 Å². The Kier molecular flexibility index (Phi) is 4.43. The normalized spacial score (nSPS) is 23.1.